The molecule has 1 heterocycles. The molecule has 6 nitrogen and oxygen atoms in total. The van der Waals surface area contributed by atoms with Crippen LogP contribution < -0.4 is 5.32 Å². The number of carbonyl (C=O) groups excluding carboxylic acids is 2. The molecule has 0 bridgehead atoms. The van der Waals surface area contributed by atoms with E-state index in [1.54, 1.807) is 0 Å². The predicted molar refractivity (Wildman–Crippen MR) is 85.3 cm³/mol. The quantitative estimate of drug-likeness (QED) is 0.795. The Kier molecular flexibility index (Phi) is 6.00. The van der Waals surface area contributed by atoms with E-state index >= 15 is 0 Å². The summed E-state index contributed by atoms with van der Waals surface area (Å²) in [5.74, 6) is -0.298. The summed E-state index contributed by atoms with van der Waals surface area (Å²) in [7, 11) is 1.41. The van der Waals surface area contributed by atoms with E-state index in [2.05, 4.69) is 16.3 Å². The molecule has 1 saturated carbocycles. The summed E-state index contributed by atoms with van der Waals surface area (Å²) in [5.41, 5.74) is -0.687. The van der Waals surface area contributed by atoms with Gasteiger partial charge >= 0.3 is 5.97 Å². The number of nitrogens with zero attached hydrogens (tertiary/aromatic N) is 2. The van der Waals surface area contributed by atoms with E-state index in [0.717, 1.165) is 32.1 Å². The highest BCUT2D eigenvalue weighted by Gasteiger charge is 2.37. The molecule has 1 atom stereocenters. The van der Waals surface area contributed by atoms with Gasteiger partial charge in [-0.1, -0.05) is 19.3 Å². The molecule has 0 aromatic heterocycles. The fourth-order valence-corrected chi connectivity index (χ4v) is 3.62. The Hall–Kier alpha value is -1.61. The van der Waals surface area contributed by atoms with Crippen LogP contribution >= 0.6 is 0 Å². The third-order valence-electron chi connectivity index (χ3n) is 5.27. The predicted octanol–water partition coefficient (Wildman–Crippen LogP) is 1.60. The smallest absolute Gasteiger partial charge is 0.308 e. The standard InChI is InChI=1S/C17H27N3O3/c1-13(20-10-6-14(7-11-20)16(22)23-2)15(21)19-17(12-18)8-4-3-5-9-17/h13-14H,3-11H2,1-2H3,(H,19,21)/t13-/m0/s1. The molecule has 0 aromatic carbocycles. The first-order valence-electron chi connectivity index (χ1n) is 8.56. The maximum absolute atomic E-state index is 12.6. The zero-order valence-corrected chi connectivity index (χ0v) is 14.1. The number of ether oxygens (including phenoxy) is 1. The van der Waals surface area contributed by atoms with E-state index in [9.17, 15) is 14.9 Å². The van der Waals surface area contributed by atoms with Gasteiger partial charge in [-0.15, -0.1) is 0 Å². The van der Waals surface area contributed by atoms with Crippen LogP contribution in [0, 0.1) is 17.2 Å². The molecule has 0 unspecified atom stereocenters. The Morgan fingerprint density at radius 3 is 2.39 bits per heavy atom. The number of methoxy groups -OCH3 is 1. The molecule has 6 heteroatoms. The highest BCUT2D eigenvalue weighted by molar-refractivity contribution is 5.82. The van der Waals surface area contributed by atoms with Crippen LogP contribution in [0.2, 0.25) is 0 Å². The van der Waals surface area contributed by atoms with Crippen LogP contribution in [-0.4, -0.2) is 48.6 Å². The highest BCUT2D eigenvalue weighted by Crippen LogP contribution is 2.28. The second-order valence-electron chi connectivity index (χ2n) is 6.75. The number of carbonyl (C=O) groups is 2. The minimum Gasteiger partial charge on any atom is -0.469 e. The van der Waals surface area contributed by atoms with Crippen LogP contribution in [0.5, 0.6) is 0 Å². The van der Waals surface area contributed by atoms with Crippen LogP contribution in [0.25, 0.3) is 0 Å². The molecular weight excluding hydrogens is 294 g/mol. The molecule has 1 aliphatic carbocycles. The fraction of sp³-hybridized carbons (Fsp3) is 0.824. The van der Waals surface area contributed by atoms with Gasteiger partial charge in [0.2, 0.25) is 5.91 Å². The average Bonchev–Trinajstić information content (AvgIpc) is 2.61. The minimum atomic E-state index is -0.687. The topological polar surface area (TPSA) is 82.4 Å². The Morgan fingerprint density at radius 1 is 1.26 bits per heavy atom. The number of nitriles is 1. The summed E-state index contributed by atoms with van der Waals surface area (Å²) in [6, 6.07) is 2.05. The van der Waals surface area contributed by atoms with Crippen LogP contribution in [-0.2, 0) is 14.3 Å². The maximum atomic E-state index is 12.6. The summed E-state index contributed by atoms with van der Waals surface area (Å²) in [6.45, 7) is 3.28. The summed E-state index contributed by atoms with van der Waals surface area (Å²) >= 11 is 0. The van der Waals surface area contributed by atoms with Crippen molar-refractivity contribution in [2.45, 2.75) is 63.5 Å². The number of nitrogens with one attached hydrogen (secondary N) is 1. The van der Waals surface area contributed by atoms with Crippen molar-refractivity contribution in [1.29, 1.82) is 5.26 Å². The normalized spacial score (nSPS) is 23.5. The average molecular weight is 321 g/mol. The number of rotatable bonds is 4. The lowest BCUT2D eigenvalue weighted by Gasteiger charge is -2.37. The fourth-order valence-electron chi connectivity index (χ4n) is 3.62. The van der Waals surface area contributed by atoms with E-state index in [1.807, 2.05) is 6.92 Å². The van der Waals surface area contributed by atoms with Gasteiger partial charge in [-0.2, -0.15) is 5.26 Å². The molecular formula is C17H27N3O3. The van der Waals surface area contributed by atoms with Crippen molar-refractivity contribution in [3.8, 4) is 6.07 Å². The monoisotopic (exact) mass is 321 g/mol. The molecule has 2 aliphatic rings. The molecule has 0 aromatic rings. The molecule has 0 radical (unpaired) electrons. The van der Waals surface area contributed by atoms with Gasteiger partial charge in [0.15, 0.2) is 0 Å². The van der Waals surface area contributed by atoms with E-state index < -0.39 is 5.54 Å². The van der Waals surface area contributed by atoms with Gasteiger partial charge < -0.3 is 10.1 Å². The summed E-state index contributed by atoms with van der Waals surface area (Å²) in [6.07, 6.45) is 6.04. The molecule has 23 heavy (non-hydrogen) atoms. The number of esters is 1. The second-order valence-corrected chi connectivity index (χ2v) is 6.75. The number of hydrogen-bond donors (Lipinski definition) is 1. The minimum absolute atomic E-state index is 0.0599. The first-order chi connectivity index (χ1) is 11.0. The van der Waals surface area contributed by atoms with Crippen molar-refractivity contribution in [3.05, 3.63) is 0 Å². The zero-order chi connectivity index (χ0) is 16.9. The van der Waals surface area contributed by atoms with Crippen molar-refractivity contribution >= 4 is 11.9 Å². The number of hydrogen-bond acceptors (Lipinski definition) is 5. The SMILES string of the molecule is COC(=O)C1CCN([C@@H](C)C(=O)NC2(C#N)CCCCC2)CC1. The van der Waals surface area contributed by atoms with Crippen LogP contribution in [0.3, 0.4) is 0 Å². The van der Waals surface area contributed by atoms with Gasteiger partial charge in [-0.05, 0) is 45.7 Å². The van der Waals surface area contributed by atoms with Crippen LogP contribution in [0.15, 0.2) is 0 Å². The van der Waals surface area contributed by atoms with Gasteiger partial charge in [0.25, 0.3) is 0 Å². The number of amides is 1. The Labute approximate surface area is 138 Å². The molecule has 1 saturated heterocycles. The number of likely N-dealkylation sites (tertiary alicyclic amines) is 1. The van der Waals surface area contributed by atoms with Crippen LogP contribution in [0.4, 0.5) is 0 Å². The Balaban J connectivity index is 1.88. The van der Waals surface area contributed by atoms with Gasteiger partial charge in [-0.25, -0.2) is 0 Å². The van der Waals surface area contributed by atoms with E-state index in [1.165, 1.54) is 7.11 Å². The lowest BCUT2D eigenvalue weighted by atomic mass is 9.82. The molecule has 2 fully saturated rings. The molecule has 0 spiro atoms. The Bertz CT molecular complexity index is 472. The van der Waals surface area contributed by atoms with Gasteiger partial charge in [0.05, 0.1) is 25.1 Å². The van der Waals surface area contributed by atoms with Crippen molar-refractivity contribution in [2.75, 3.05) is 20.2 Å². The van der Waals surface area contributed by atoms with Crippen molar-refractivity contribution in [3.63, 3.8) is 0 Å². The van der Waals surface area contributed by atoms with Crippen molar-refractivity contribution < 1.29 is 14.3 Å². The molecule has 1 amide bonds. The third kappa shape index (κ3) is 4.23. The van der Waals surface area contributed by atoms with Gasteiger partial charge in [-0.3, -0.25) is 14.5 Å². The molecule has 1 N–H and O–H groups in total. The molecule has 1 aliphatic heterocycles. The number of piperidine rings is 1. The molecule has 128 valence electrons. The largest absolute Gasteiger partial charge is 0.469 e. The van der Waals surface area contributed by atoms with Gasteiger partial charge in [0, 0.05) is 0 Å². The van der Waals surface area contributed by atoms with Crippen LogP contribution in [0.1, 0.15) is 51.9 Å². The summed E-state index contributed by atoms with van der Waals surface area (Å²) in [4.78, 5) is 26.2. The maximum Gasteiger partial charge on any atom is 0.308 e. The van der Waals surface area contributed by atoms with E-state index in [-0.39, 0.29) is 23.8 Å². The first-order valence-corrected chi connectivity index (χ1v) is 8.56. The lowest BCUT2D eigenvalue weighted by Crippen LogP contribution is -2.56. The first kappa shape index (κ1) is 17.7. The Morgan fingerprint density at radius 2 is 1.87 bits per heavy atom. The van der Waals surface area contributed by atoms with Crippen molar-refractivity contribution in [2.24, 2.45) is 5.92 Å². The van der Waals surface area contributed by atoms with Crippen molar-refractivity contribution in [1.82, 2.24) is 10.2 Å². The zero-order valence-electron chi connectivity index (χ0n) is 14.1. The van der Waals surface area contributed by atoms with E-state index in [4.69, 9.17) is 4.74 Å². The second kappa shape index (κ2) is 7.78. The summed E-state index contributed by atoms with van der Waals surface area (Å²) < 4.78 is 4.79. The third-order valence-corrected chi connectivity index (χ3v) is 5.27. The molecule has 2 rings (SSSR count). The van der Waals surface area contributed by atoms with Gasteiger partial charge in [0.1, 0.15) is 5.54 Å². The lowest BCUT2D eigenvalue weighted by molar-refractivity contribution is -0.147. The van der Waals surface area contributed by atoms with E-state index in [0.29, 0.717) is 25.9 Å². The highest BCUT2D eigenvalue weighted by atomic mass is 16.5. The summed E-state index contributed by atoms with van der Waals surface area (Å²) in [5, 5.41) is 12.5.